The van der Waals surface area contributed by atoms with Gasteiger partial charge in [-0.2, -0.15) is 0 Å². The van der Waals surface area contributed by atoms with E-state index in [4.69, 9.17) is 9.84 Å². The fraction of sp³-hybridized carbons (Fsp3) is 0.467. The normalized spacial score (nSPS) is 12.2. The van der Waals surface area contributed by atoms with E-state index in [0.717, 1.165) is 0 Å². The maximum Gasteiger partial charge on any atom is 0.303 e. The number of carboxylic acids is 1. The maximum atomic E-state index is 12.4. The molecule has 0 saturated heterocycles. The van der Waals surface area contributed by atoms with Crippen LogP contribution >= 0.6 is 0 Å². The summed E-state index contributed by atoms with van der Waals surface area (Å²) in [6, 6.07) is 6.44. The number of Topliss-reactive ketones (excluding diaryl/α,β-unsaturated/α-hetero) is 1. The summed E-state index contributed by atoms with van der Waals surface area (Å²) in [5.74, 6) is -0.314. The second-order valence-electron chi connectivity index (χ2n) is 4.90. The van der Waals surface area contributed by atoms with Gasteiger partial charge in [0, 0.05) is 18.0 Å². The number of nitrogens with one attached hydrogen (secondary N) is 1. The Hall–Kier alpha value is -1.88. The molecule has 2 N–H and O–H groups in total. The molecular weight excluding hydrogens is 258 g/mol. The van der Waals surface area contributed by atoms with E-state index in [1.54, 1.807) is 31.4 Å². The highest BCUT2D eigenvalue weighted by molar-refractivity contribution is 6.00. The zero-order valence-electron chi connectivity index (χ0n) is 12.1. The van der Waals surface area contributed by atoms with Gasteiger partial charge in [0.25, 0.3) is 0 Å². The van der Waals surface area contributed by atoms with Crippen LogP contribution in [-0.2, 0) is 4.79 Å². The second kappa shape index (κ2) is 7.65. The van der Waals surface area contributed by atoms with Gasteiger partial charge in [0.15, 0.2) is 5.78 Å². The number of rotatable bonds is 8. The zero-order chi connectivity index (χ0) is 15.1. The minimum Gasteiger partial charge on any atom is -0.497 e. The van der Waals surface area contributed by atoms with Crippen molar-refractivity contribution in [2.45, 2.75) is 38.8 Å². The third-order valence-electron chi connectivity index (χ3n) is 2.87. The first-order valence-electron chi connectivity index (χ1n) is 6.60. The van der Waals surface area contributed by atoms with E-state index in [0.29, 0.717) is 11.3 Å². The van der Waals surface area contributed by atoms with Crippen molar-refractivity contribution in [1.82, 2.24) is 5.32 Å². The van der Waals surface area contributed by atoms with Gasteiger partial charge in [0.2, 0.25) is 0 Å². The molecule has 0 saturated carbocycles. The Kier molecular flexibility index (Phi) is 6.18. The van der Waals surface area contributed by atoms with Crippen LogP contribution in [0.4, 0.5) is 0 Å². The highest BCUT2D eigenvalue weighted by atomic mass is 16.5. The van der Waals surface area contributed by atoms with Gasteiger partial charge in [-0.05, 0) is 30.7 Å². The molecule has 0 aliphatic rings. The molecule has 0 aromatic heterocycles. The third-order valence-corrected chi connectivity index (χ3v) is 2.87. The van der Waals surface area contributed by atoms with Crippen molar-refractivity contribution in [3.05, 3.63) is 29.8 Å². The number of hydrogen-bond acceptors (Lipinski definition) is 4. The number of carbonyl (C=O) groups excluding carboxylic acids is 1. The fourth-order valence-corrected chi connectivity index (χ4v) is 1.92. The molecule has 1 aromatic rings. The monoisotopic (exact) mass is 279 g/mol. The Bertz CT molecular complexity index is 453. The first-order valence-corrected chi connectivity index (χ1v) is 6.60. The molecule has 1 rings (SSSR count). The number of hydrogen-bond donors (Lipinski definition) is 2. The van der Waals surface area contributed by atoms with Crippen LogP contribution in [0.5, 0.6) is 5.75 Å². The molecule has 0 bridgehead atoms. The van der Waals surface area contributed by atoms with Crippen LogP contribution in [0, 0.1) is 0 Å². The lowest BCUT2D eigenvalue weighted by molar-refractivity contribution is -0.137. The molecule has 0 spiro atoms. The summed E-state index contributed by atoms with van der Waals surface area (Å²) >= 11 is 0. The van der Waals surface area contributed by atoms with E-state index in [1.165, 1.54) is 0 Å². The van der Waals surface area contributed by atoms with Gasteiger partial charge in [-0.1, -0.05) is 13.8 Å². The number of methoxy groups -OCH3 is 1. The number of ketones is 1. The standard InChI is InChI=1S/C15H21NO4/c1-10(2)16-13(8-9-14(17)18)15(19)11-4-6-12(20-3)7-5-11/h4-7,10,13,16H,8-9H2,1-3H3,(H,17,18). The van der Waals surface area contributed by atoms with Crippen LogP contribution in [0.2, 0.25) is 0 Å². The van der Waals surface area contributed by atoms with Crippen LogP contribution in [0.3, 0.4) is 0 Å². The lowest BCUT2D eigenvalue weighted by Crippen LogP contribution is -2.41. The van der Waals surface area contributed by atoms with Crippen molar-refractivity contribution >= 4 is 11.8 Å². The van der Waals surface area contributed by atoms with Crippen molar-refractivity contribution in [3.63, 3.8) is 0 Å². The molecule has 0 aliphatic carbocycles. The molecule has 0 heterocycles. The Morgan fingerprint density at radius 1 is 1.25 bits per heavy atom. The summed E-state index contributed by atoms with van der Waals surface area (Å²) in [5.41, 5.74) is 0.550. The molecule has 0 amide bonds. The molecular formula is C15H21NO4. The summed E-state index contributed by atoms with van der Waals surface area (Å²) in [6.07, 6.45) is 0.241. The summed E-state index contributed by atoms with van der Waals surface area (Å²) < 4.78 is 5.05. The molecule has 20 heavy (non-hydrogen) atoms. The van der Waals surface area contributed by atoms with Crippen LogP contribution in [-0.4, -0.2) is 36.1 Å². The molecule has 0 fully saturated rings. The van der Waals surface area contributed by atoms with Gasteiger partial charge >= 0.3 is 5.97 Å². The van der Waals surface area contributed by atoms with Gasteiger partial charge in [-0.25, -0.2) is 0 Å². The molecule has 1 aromatic carbocycles. The first-order chi connectivity index (χ1) is 9.43. The summed E-state index contributed by atoms with van der Waals surface area (Å²) in [5, 5.41) is 11.9. The summed E-state index contributed by atoms with van der Waals surface area (Å²) in [4.78, 5) is 23.1. The van der Waals surface area contributed by atoms with Crippen molar-refractivity contribution in [3.8, 4) is 5.75 Å². The molecule has 5 nitrogen and oxygen atoms in total. The van der Waals surface area contributed by atoms with E-state index >= 15 is 0 Å². The Labute approximate surface area is 118 Å². The SMILES string of the molecule is COc1ccc(C(=O)C(CCC(=O)O)NC(C)C)cc1. The van der Waals surface area contributed by atoms with Gasteiger partial charge < -0.3 is 15.2 Å². The maximum absolute atomic E-state index is 12.4. The molecule has 0 aliphatic heterocycles. The van der Waals surface area contributed by atoms with E-state index in [2.05, 4.69) is 5.32 Å². The molecule has 1 atom stereocenters. The average molecular weight is 279 g/mol. The molecule has 110 valence electrons. The minimum absolute atomic E-state index is 0.0354. The van der Waals surface area contributed by atoms with Gasteiger partial charge in [0.05, 0.1) is 13.2 Å². The van der Waals surface area contributed by atoms with Gasteiger partial charge in [-0.3, -0.25) is 9.59 Å². The Morgan fingerprint density at radius 2 is 1.85 bits per heavy atom. The minimum atomic E-state index is -0.900. The number of carbonyl (C=O) groups is 2. The highest BCUT2D eigenvalue weighted by Crippen LogP contribution is 2.14. The van der Waals surface area contributed by atoms with Gasteiger partial charge in [-0.15, -0.1) is 0 Å². The van der Waals surface area contributed by atoms with E-state index < -0.39 is 12.0 Å². The summed E-state index contributed by atoms with van der Waals surface area (Å²) in [7, 11) is 1.56. The van der Waals surface area contributed by atoms with Crippen LogP contribution in [0.25, 0.3) is 0 Å². The molecule has 1 unspecified atom stereocenters. The smallest absolute Gasteiger partial charge is 0.303 e. The van der Waals surface area contributed by atoms with E-state index in [9.17, 15) is 9.59 Å². The average Bonchev–Trinajstić information content (AvgIpc) is 2.42. The van der Waals surface area contributed by atoms with Crippen molar-refractivity contribution in [2.24, 2.45) is 0 Å². The molecule has 0 radical (unpaired) electrons. The van der Waals surface area contributed by atoms with E-state index in [-0.39, 0.29) is 24.7 Å². The second-order valence-corrected chi connectivity index (χ2v) is 4.90. The quantitative estimate of drug-likeness (QED) is 0.713. The third kappa shape index (κ3) is 5.01. The van der Waals surface area contributed by atoms with Crippen LogP contribution < -0.4 is 10.1 Å². The van der Waals surface area contributed by atoms with Gasteiger partial charge in [0.1, 0.15) is 5.75 Å². The zero-order valence-corrected chi connectivity index (χ0v) is 12.1. The lowest BCUT2D eigenvalue weighted by atomic mass is 9.99. The largest absolute Gasteiger partial charge is 0.497 e. The van der Waals surface area contributed by atoms with Crippen molar-refractivity contribution in [2.75, 3.05) is 7.11 Å². The Morgan fingerprint density at radius 3 is 2.30 bits per heavy atom. The number of ether oxygens (including phenoxy) is 1. The van der Waals surface area contributed by atoms with Crippen LogP contribution in [0.1, 0.15) is 37.0 Å². The number of benzene rings is 1. The topological polar surface area (TPSA) is 75.6 Å². The Balaban J connectivity index is 2.81. The predicted molar refractivity (Wildman–Crippen MR) is 76.3 cm³/mol. The molecule has 5 heteroatoms. The predicted octanol–water partition coefficient (Wildman–Crippen LogP) is 2.11. The first kappa shape index (κ1) is 16.2. The van der Waals surface area contributed by atoms with Crippen molar-refractivity contribution in [1.29, 1.82) is 0 Å². The van der Waals surface area contributed by atoms with Crippen LogP contribution in [0.15, 0.2) is 24.3 Å². The fourth-order valence-electron chi connectivity index (χ4n) is 1.92. The van der Waals surface area contributed by atoms with Crippen molar-refractivity contribution < 1.29 is 19.4 Å². The van der Waals surface area contributed by atoms with E-state index in [1.807, 2.05) is 13.8 Å². The summed E-state index contributed by atoms with van der Waals surface area (Å²) in [6.45, 7) is 3.85. The number of aliphatic carboxylic acids is 1. The number of carboxylic acid groups (broad SMARTS) is 1. The lowest BCUT2D eigenvalue weighted by Gasteiger charge is -2.19. The highest BCUT2D eigenvalue weighted by Gasteiger charge is 2.21.